The first-order chi connectivity index (χ1) is 11.2. The minimum atomic E-state index is -0.472. The molecule has 0 N–H and O–H groups in total. The van der Waals surface area contributed by atoms with E-state index in [2.05, 4.69) is 22.2 Å². The van der Waals surface area contributed by atoms with Crippen LogP contribution in [0.25, 0.3) is 16.8 Å². The van der Waals surface area contributed by atoms with Crippen molar-refractivity contribution in [3.8, 4) is 16.8 Å². The zero-order valence-electron chi connectivity index (χ0n) is 13.1. The number of aryl methyl sites for hydroxylation is 1. The van der Waals surface area contributed by atoms with E-state index in [4.69, 9.17) is 4.74 Å². The lowest BCUT2D eigenvalue weighted by Crippen LogP contribution is -2.13. The molecule has 23 heavy (non-hydrogen) atoms. The highest BCUT2D eigenvalue weighted by molar-refractivity contribution is 5.86. The third-order valence-corrected chi connectivity index (χ3v) is 3.39. The average molecular weight is 307 g/mol. The number of hydrogen-bond donors (Lipinski definition) is 0. The molecule has 0 spiro atoms. The van der Waals surface area contributed by atoms with Crippen LogP contribution in [0.2, 0.25) is 0 Å². The van der Waals surface area contributed by atoms with Gasteiger partial charge in [-0.15, -0.1) is 0 Å². The maximum Gasteiger partial charge on any atom is 0.376 e. The van der Waals surface area contributed by atoms with Gasteiger partial charge in [-0.25, -0.2) is 14.5 Å². The van der Waals surface area contributed by atoms with Crippen molar-refractivity contribution in [3.05, 3.63) is 66.2 Å². The Morgan fingerprint density at radius 2 is 1.70 bits per heavy atom. The zero-order valence-corrected chi connectivity index (χ0v) is 13.1. The Morgan fingerprint density at radius 1 is 1.04 bits per heavy atom. The summed E-state index contributed by atoms with van der Waals surface area (Å²) in [5.74, 6) is 0.247. The third kappa shape index (κ3) is 3.13. The molecule has 5 nitrogen and oxygen atoms in total. The van der Waals surface area contributed by atoms with E-state index in [9.17, 15) is 4.79 Å². The largest absolute Gasteiger partial charge is 0.460 e. The molecule has 3 rings (SSSR count). The molecule has 3 aromatic rings. The summed E-state index contributed by atoms with van der Waals surface area (Å²) < 4.78 is 6.55. The molecule has 0 saturated heterocycles. The maximum atomic E-state index is 12.0. The van der Waals surface area contributed by atoms with Gasteiger partial charge in [-0.05, 0) is 37.1 Å². The van der Waals surface area contributed by atoms with E-state index in [1.807, 2.05) is 42.5 Å². The SMILES string of the molecule is CCOC(=O)c1nc(C)nn1-c1ccc(-c2ccccc2)cc1. The van der Waals surface area contributed by atoms with Crippen LogP contribution in [0.4, 0.5) is 0 Å². The number of carbonyl (C=O) groups excluding carboxylic acids is 1. The molecule has 0 amide bonds. The summed E-state index contributed by atoms with van der Waals surface area (Å²) in [4.78, 5) is 16.2. The molecular weight excluding hydrogens is 290 g/mol. The average Bonchev–Trinajstić information content (AvgIpc) is 2.98. The highest BCUT2D eigenvalue weighted by Crippen LogP contribution is 2.21. The lowest BCUT2D eigenvalue weighted by Gasteiger charge is -2.07. The molecule has 2 aromatic carbocycles. The van der Waals surface area contributed by atoms with Crippen LogP contribution < -0.4 is 0 Å². The van der Waals surface area contributed by atoms with Crippen LogP contribution in [-0.2, 0) is 4.74 Å². The highest BCUT2D eigenvalue weighted by Gasteiger charge is 2.18. The van der Waals surface area contributed by atoms with Gasteiger partial charge in [0.05, 0.1) is 12.3 Å². The molecule has 1 heterocycles. The van der Waals surface area contributed by atoms with E-state index in [1.54, 1.807) is 13.8 Å². The number of benzene rings is 2. The molecule has 1 aromatic heterocycles. The summed E-state index contributed by atoms with van der Waals surface area (Å²) in [5.41, 5.74) is 3.01. The lowest BCUT2D eigenvalue weighted by atomic mass is 10.1. The first-order valence-corrected chi connectivity index (χ1v) is 7.45. The Kier molecular flexibility index (Phi) is 4.19. The number of esters is 1. The molecule has 0 unspecified atom stereocenters. The maximum absolute atomic E-state index is 12.0. The van der Waals surface area contributed by atoms with Gasteiger partial charge in [-0.1, -0.05) is 42.5 Å². The lowest BCUT2D eigenvalue weighted by molar-refractivity contribution is 0.0508. The standard InChI is InChI=1S/C18H17N3O2/c1-3-23-18(22)17-19-13(2)20-21(17)16-11-9-15(10-12-16)14-7-5-4-6-8-14/h4-12H,3H2,1-2H3. The van der Waals surface area contributed by atoms with E-state index in [1.165, 1.54) is 4.68 Å². The van der Waals surface area contributed by atoms with Crippen LogP contribution in [0.5, 0.6) is 0 Å². The van der Waals surface area contributed by atoms with Gasteiger partial charge >= 0.3 is 5.97 Å². The first kappa shape index (κ1) is 15.0. The van der Waals surface area contributed by atoms with Crippen LogP contribution in [-0.4, -0.2) is 27.3 Å². The minimum absolute atomic E-state index is 0.191. The van der Waals surface area contributed by atoms with Crippen LogP contribution in [0, 0.1) is 6.92 Å². The van der Waals surface area contributed by atoms with Crippen molar-refractivity contribution < 1.29 is 9.53 Å². The molecule has 0 aliphatic heterocycles. The number of carbonyl (C=O) groups is 1. The molecule has 0 aliphatic rings. The van der Waals surface area contributed by atoms with Crippen LogP contribution in [0.15, 0.2) is 54.6 Å². The summed E-state index contributed by atoms with van der Waals surface area (Å²) in [6, 6.07) is 17.9. The number of aromatic nitrogens is 3. The van der Waals surface area contributed by atoms with Gasteiger partial charge in [0.15, 0.2) is 0 Å². The fraction of sp³-hybridized carbons (Fsp3) is 0.167. The molecule has 5 heteroatoms. The Bertz CT molecular complexity index is 808. The molecule has 116 valence electrons. The Labute approximate surface area is 134 Å². The summed E-state index contributed by atoms with van der Waals surface area (Å²) in [6.45, 7) is 3.81. The quantitative estimate of drug-likeness (QED) is 0.693. The number of hydrogen-bond acceptors (Lipinski definition) is 4. The second-order valence-corrected chi connectivity index (χ2v) is 5.03. The van der Waals surface area contributed by atoms with E-state index in [0.717, 1.165) is 16.8 Å². The summed E-state index contributed by atoms with van der Waals surface area (Å²) in [6.07, 6.45) is 0. The third-order valence-electron chi connectivity index (χ3n) is 3.39. The first-order valence-electron chi connectivity index (χ1n) is 7.45. The van der Waals surface area contributed by atoms with Crippen molar-refractivity contribution in [1.29, 1.82) is 0 Å². The van der Waals surface area contributed by atoms with E-state index < -0.39 is 5.97 Å². The number of rotatable bonds is 4. The van der Waals surface area contributed by atoms with Crippen molar-refractivity contribution in [2.75, 3.05) is 6.61 Å². The number of nitrogens with zero attached hydrogens (tertiary/aromatic N) is 3. The molecule has 0 fully saturated rings. The smallest absolute Gasteiger partial charge is 0.376 e. The second-order valence-electron chi connectivity index (χ2n) is 5.03. The van der Waals surface area contributed by atoms with Crippen molar-refractivity contribution in [2.45, 2.75) is 13.8 Å². The molecule has 0 saturated carbocycles. The van der Waals surface area contributed by atoms with Gasteiger partial charge in [-0.3, -0.25) is 0 Å². The fourth-order valence-electron chi connectivity index (χ4n) is 2.35. The molecule has 0 aliphatic carbocycles. The monoisotopic (exact) mass is 307 g/mol. The summed E-state index contributed by atoms with van der Waals surface area (Å²) in [5, 5.41) is 4.29. The van der Waals surface area contributed by atoms with Gasteiger partial charge in [0.1, 0.15) is 5.82 Å². The normalized spacial score (nSPS) is 10.5. The van der Waals surface area contributed by atoms with E-state index >= 15 is 0 Å². The van der Waals surface area contributed by atoms with Gasteiger partial charge < -0.3 is 4.74 Å². The molecular formula is C18H17N3O2. The highest BCUT2D eigenvalue weighted by atomic mass is 16.5. The zero-order chi connectivity index (χ0) is 16.2. The predicted octanol–water partition coefficient (Wildman–Crippen LogP) is 3.42. The summed E-state index contributed by atoms with van der Waals surface area (Å²) in [7, 11) is 0. The van der Waals surface area contributed by atoms with Crippen LogP contribution in [0.3, 0.4) is 0 Å². The minimum Gasteiger partial charge on any atom is -0.460 e. The van der Waals surface area contributed by atoms with Gasteiger partial charge in [0.25, 0.3) is 0 Å². The molecule has 0 bridgehead atoms. The van der Waals surface area contributed by atoms with Crippen LogP contribution in [0.1, 0.15) is 23.4 Å². The van der Waals surface area contributed by atoms with Crippen LogP contribution >= 0.6 is 0 Å². The Hall–Kier alpha value is -2.95. The van der Waals surface area contributed by atoms with Crippen molar-refractivity contribution >= 4 is 5.97 Å². The number of ether oxygens (including phenoxy) is 1. The van der Waals surface area contributed by atoms with Crippen molar-refractivity contribution in [1.82, 2.24) is 14.8 Å². The van der Waals surface area contributed by atoms with Gasteiger partial charge in [0, 0.05) is 0 Å². The second kappa shape index (κ2) is 6.44. The Balaban J connectivity index is 1.95. The predicted molar refractivity (Wildman–Crippen MR) is 87.5 cm³/mol. The Morgan fingerprint density at radius 3 is 2.35 bits per heavy atom. The topological polar surface area (TPSA) is 57.0 Å². The van der Waals surface area contributed by atoms with Crippen molar-refractivity contribution in [3.63, 3.8) is 0 Å². The molecule has 0 atom stereocenters. The summed E-state index contributed by atoms with van der Waals surface area (Å²) >= 11 is 0. The van der Waals surface area contributed by atoms with Crippen molar-refractivity contribution in [2.24, 2.45) is 0 Å². The van der Waals surface area contributed by atoms with E-state index in [-0.39, 0.29) is 5.82 Å². The van der Waals surface area contributed by atoms with Gasteiger partial charge in [0.2, 0.25) is 5.82 Å². The van der Waals surface area contributed by atoms with E-state index in [0.29, 0.717) is 12.4 Å². The van der Waals surface area contributed by atoms with Gasteiger partial charge in [-0.2, -0.15) is 5.10 Å². The molecule has 0 radical (unpaired) electrons. The fourth-order valence-corrected chi connectivity index (χ4v) is 2.35.